The number of ether oxygens (including phenoxy) is 1. The lowest BCUT2D eigenvalue weighted by molar-refractivity contribution is 0.106. The summed E-state index contributed by atoms with van der Waals surface area (Å²) in [6.45, 7) is 3.36. The van der Waals surface area contributed by atoms with Crippen LogP contribution in [0.25, 0.3) is 0 Å². The Morgan fingerprint density at radius 1 is 1.10 bits per heavy atom. The summed E-state index contributed by atoms with van der Waals surface area (Å²) in [7, 11) is 0. The highest BCUT2D eigenvalue weighted by Crippen LogP contribution is 2.11. The molecule has 2 aromatic rings. The number of hydrogen-bond donors (Lipinski definition) is 2. The van der Waals surface area contributed by atoms with E-state index < -0.39 is 6.10 Å². The zero-order chi connectivity index (χ0) is 15.1. The summed E-state index contributed by atoms with van der Waals surface area (Å²) < 4.78 is 18.1. The van der Waals surface area contributed by atoms with E-state index in [1.165, 1.54) is 23.3 Å². The second-order valence-corrected chi connectivity index (χ2v) is 5.04. The van der Waals surface area contributed by atoms with Crippen molar-refractivity contribution in [3.8, 4) is 5.75 Å². The monoisotopic (exact) mass is 289 g/mol. The van der Waals surface area contributed by atoms with Gasteiger partial charge in [-0.1, -0.05) is 29.8 Å². The molecule has 1 atom stereocenters. The quantitative estimate of drug-likeness (QED) is 0.823. The summed E-state index contributed by atoms with van der Waals surface area (Å²) in [5, 5.41) is 13.0. The molecule has 0 amide bonds. The molecule has 21 heavy (non-hydrogen) atoms. The Bertz CT molecular complexity index is 540. The van der Waals surface area contributed by atoms with Crippen LogP contribution < -0.4 is 10.1 Å². The van der Waals surface area contributed by atoms with Crippen LogP contribution in [0, 0.1) is 12.7 Å². The number of aliphatic hydroxyl groups excluding tert-OH is 1. The number of aryl methyl sites for hydroxylation is 1. The van der Waals surface area contributed by atoms with Gasteiger partial charge >= 0.3 is 0 Å². The molecule has 3 nitrogen and oxygen atoms in total. The van der Waals surface area contributed by atoms with E-state index in [9.17, 15) is 9.50 Å². The van der Waals surface area contributed by atoms with E-state index >= 15 is 0 Å². The molecule has 0 aliphatic carbocycles. The minimum absolute atomic E-state index is 0.173. The first kappa shape index (κ1) is 15.5. The number of aliphatic hydroxyl groups is 1. The van der Waals surface area contributed by atoms with Crippen molar-refractivity contribution in [3.63, 3.8) is 0 Å². The Hall–Kier alpha value is -1.91. The fourth-order valence-electron chi connectivity index (χ4n) is 1.87. The highest BCUT2D eigenvalue weighted by molar-refractivity contribution is 5.22. The Morgan fingerprint density at radius 2 is 1.76 bits per heavy atom. The van der Waals surface area contributed by atoms with Crippen molar-refractivity contribution < 1.29 is 14.2 Å². The Balaban J connectivity index is 1.66. The predicted molar refractivity (Wildman–Crippen MR) is 80.8 cm³/mol. The fraction of sp³-hybridized carbons (Fsp3) is 0.294. The summed E-state index contributed by atoms with van der Waals surface area (Å²) >= 11 is 0. The summed E-state index contributed by atoms with van der Waals surface area (Å²) in [5.74, 6) is 0.247. The van der Waals surface area contributed by atoms with Crippen molar-refractivity contribution in [2.75, 3.05) is 13.2 Å². The van der Waals surface area contributed by atoms with Gasteiger partial charge in [0.15, 0.2) is 0 Å². The standard InChI is InChI=1S/C17H20FNO2/c1-13-2-4-14(5-3-13)10-19-11-16(20)12-21-17-8-6-15(18)7-9-17/h2-9,16,19-20H,10-12H2,1H3. The van der Waals surface area contributed by atoms with Gasteiger partial charge in [0.05, 0.1) is 0 Å². The van der Waals surface area contributed by atoms with Gasteiger partial charge in [-0.3, -0.25) is 0 Å². The van der Waals surface area contributed by atoms with Crippen LogP contribution in [0.15, 0.2) is 48.5 Å². The van der Waals surface area contributed by atoms with E-state index in [4.69, 9.17) is 4.74 Å². The van der Waals surface area contributed by atoms with Gasteiger partial charge in [-0.2, -0.15) is 0 Å². The third-order valence-corrected chi connectivity index (χ3v) is 3.09. The van der Waals surface area contributed by atoms with Crippen molar-refractivity contribution in [2.45, 2.75) is 19.6 Å². The molecule has 0 aliphatic heterocycles. The van der Waals surface area contributed by atoms with Crippen molar-refractivity contribution in [2.24, 2.45) is 0 Å². The normalized spacial score (nSPS) is 12.1. The van der Waals surface area contributed by atoms with Crippen LogP contribution in [0.1, 0.15) is 11.1 Å². The fourth-order valence-corrected chi connectivity index (χ4v) is 1.87. The smallest absolute Gasteiger partial charge is 0.123 e. The van der Waals surface area contributed by atoms with Crippen molar-refractivity contribution >= 4 is 0 Å². The van der Waals surface area contributed by atoms with Gasteiger partial charge in [0.2, 0.25) is 0 Å². The van der Waals surface area contributed by atoms with E-state index in [1.54, 1.807) is 12.1 Å². The summed E-state index contributed by atoms with van der Waals surface area (Å²) in [6, 6.07) is 14.0. The number of nitrogens with one attached hydrogen (secondary N) is 1. The summed E-state index contributed by atoms with van der Waals surface area (Å²) in [5.41, 5.74) is 2.40. The molecule has 0 fully saturated rings. The molecule has 0 bridgehead atoms. The number of rotatable bonds is 7. The molecule has 2 aromatic carbocycles. The largest absolute Gasteiger partial charge is 0.491 e. The zero-order valence-corrected chi connectivity index (χ0v) is 12.1. The molecule has 1 unspecified atom stereocenters. The number of halogens is 1. The number of benzene rings is 2. The van der Waals surface area contributed by atoms with E-state index in [0.29, 0.717) is 18.8 Å². The van der Waals surface area contributed by atoms with Crippen LogP contribution in [0.5, 0.6) is 5.75 Å². The maximum absolute atomic E-state index is 12.7. The van der Waals surface area contributed by atoms with Gasteiger partial charge < -0.3 is 15.2 Å². The molecule has 0 aromatic heterocycles. The predicted octanol–water partition coefficient (Wildman–Crippen LogP) is 2.66. The van der Waals surface area contributed by atoms with Gasteiger partial charge in [-0.25, -0.2) is 4.39 Å². The Kier molecular flexibility index (Phi) is 5.72. The molecule has 0 saturated heterocycles. The Labute approximate surface area is 124 Å². The van der Waals surface area contributed by atoms with Crippen LogP contribution in [0.4, 0.5) is 4.39 Å². The first-order valence-electron chi connectivity index (χ1n) is 6.96. The highest BCUT2D eigenvalue weighted by atomic mass is 19.1. The molecule has 0 aliphatic rings. The third kappa shape index (κ3) is 5.53. The molecular weight excluding hydrogens is 269 g/mol. The molecule has 4 heteroatoms. The molecule has 2 N–H and O–H groups in total. The summed E-state index contributed by atoms with van der Waals surface area (Å²) in [4.78, 5) is 0. The second kappa shape index (κ2) is 7.76. The van der Waals surface area contributed by atoms with Gasteiger partial charge in [0, 0.05) is 13.1 Å². The average molecular weight is 289 g/mol. The van der Waals surface area contributed by atoms with Gasteiger partial charge in [0.25, 0.3) is 0 Å². The van der Waals surface area contributed by atoms with E-state index in [1.807, 2.05) is 6.92 Å². The lowest BCUT2D eigenvalue weighted by atomic mass is 10.1. The molecule has 0 radical (unpaired) electrons. The minimum Gasteiger partial charge on any atom is -0.491 e. The number of hydrogen-bond acceptors (Lipinski definition) is 3. The zero-order valence-electron chi connectivity index (χ0n) is 12.1. The van der Waals surface area contributed by atoms with Crippen LogP contribution in [-0.4, -0.2) is 24.4 Å². The molecule has 112 valence electrons. The molecule has 0 spiro atoms. The summed E-state index contributed by atoms with van der Waals surface area (Å²) in [6.07, 6.45) is -0.611. The second-order valence-electron chi connectivity index (χ2n) is 5.04. The van der Waals surface area contributed by atoms with Gasteiger partial charge in [-0.05, 0) is 36.8 Å². The maximum Gasteiger partial charge on any atom is 0.123 e. The maximum atomic E-state index is 12.7. The molecule has 2 rings (SSSR count). The van der Waals surface area contributed by atoms with E-state index in [-0.39, 0.29) is 12.4 Å². The third-order valence-electron chi connectivity index (χ3n) is 3.09. The van der Waals surface area contributed by atoms with Gasteiger partial charge in [-0.15, -0.1) is 0 Å². The van der Waals surface area contributed by atoms with E-state index in [0.717, 1.165) is 0 Å². The van der Waals surface area contributed by atoms with Crippen LogP contribution >= 0.6 is 0 Å². The van der Waals surface area contributed by atoms with Crippen LogP contribution in [0.2, 0.25) is 0 Å². The first-order valence-corrected chi connectivity index (χ1v) is 6.96. The van der Waals surface area contributed by atoms with Crippen LogP contribution in [0.3, 0.4) is 0 Å². The topological polar surface area (TPSA) is 41.5 Å². The van der Waals surface area contributed by atoms with Crippen LogP contribution in [-0.2, 0) is 6.54 Å². The van der Waals surface area contributed by atoms with Gasteiger partial charge in [0.1, 0.15) is 24.3 Å². The first-order chi connectivity index (χ1) is 10.1. The molecule has 0 saturated carbocycles. The SMILES string of the molecule is Cc1ccc(CNCC(O)COc2ccc(F)cc2)cc1. The minimum atomic E-state index is -0.611. The average Bonchev–Trinajstić information content (AvgIpc) is 2.49. The lowest BCUT2D eigenvalue weighted by Crippen LogP contribution is -2.31. The molecular formula is C17H20FNO2. The molecule has 0 heterocycles. The lowest BCUT2D eigenvalue weighted by Gasteiger charge is -2.13. The highest BCUT2D eigenvalue weighted by Gasteiger charge is 2.05. The van der Waals surface area contributed by atoms with Crippen molar-refractivity contribution in [1.82, 2.24) is 5.32 Å². The Morgan fingerprint density at radius 3 is 2.43 bits per heavy atom. The van der Waals surface area contributed by atoms with Crippen molar-refractivity contribution in [3.05, 3.63) is 65.5 Å². The van der Waals surface area contributed by atoms with Crippen molar-refractivity contribution in [1.29, 1.82) is 0 Å². The van der Waals surface area contributed by atoms with E-state index in [2.05, 4.69) is 29.6 Å².